The van der Waals surface area contributed by atoms with E-state index in [1.807, 2.05) is 32.0 Å². The maximum atomic E-state index is 12.5. The highest BCUT2D eigenvalue weighted by atomic mass is 16.7. The third-order valence-electron chi connectivity index (χ3n) is 3.14. The summed E-state index contributed by atoms with van der Waals surface area (Å²) in [6.07, 6.45) is 0.0238. The summed E-state index contributed by atoms with van der Waals surface area (Å²) in [6.45, 7) is 4.01. The second-order valence-electron chi connectivity index (χ2n) is 5.16. The lowest BCUT2D eigenvalue weighted by molar-refractivity contribution is 0.102. The summed E-state index contributed by atoms with van der Waals surface area (Å²) < 4.78 is 16.4. The molecule has 114 valence electrons. The van der Waals surface area contributed by atoms with Crippen LogP contribution in [0.15, 0.2) is 42.5 Å². The molecule has 0 radical (unpaired) electrons. The second kappa shape index (κ2) is 5.97. The molecule has 2 aromatic carbocycles. The molecule has 2 aromatic rings. The van der Waals surface area contributed by atoms with Crippen LogP contribution in [0.4, 0.5) is 5.69 Å². The van der Waals surface area contributed by atoms with Gasteiger partial charge in [0.25, 0.3) is 5.91 Å². The Morgan fingerprint density at radius 2 is 1.95 bits per heavy atom. The van der Waals surface area contributed by atoms with E-state index in [2.05, 4.69) is 5.32 Å². The lowest BCUT2D eigenvalue weighted by atomic mass is 10.1. The lowest BCUT2D eigenvalue weighted by Crippen LogP contribution is -2.15. The van der Waals surface area contributed by atoms with Crippen molar-refractivity contribution in [2.75, 3.05) is 12.1 Å². The van der Waals surface area contributed by atoms with Crippen LogP contribution in [-0.2, 0) is 0 Å². The van der Waals surface area contributed by atoms with Crippen molar-refractivity contribution in [3.05, 3.63) is 48.0 Å². The number of anilines is 1. The molecule has 5 heteroatoms. The van der Waals surface area contributed by atoms with Crippen LogP contribution >= 0.6 is 0 Å². The van der Waals surface area contributed by atoms with E-state index in [1.165, 1.54) is 0 Å². The summed E-state index contributed by atoms with van der Waals surface area (Å²) in [4.78, 5) is 12.5. The fraction of sp³-hybridized carbons (Fsp3) is 0.235. The number of ether oxygens (including phenoxy) is 3. The number of carbonyl (C=O) groups excluding carboxylic acids is 1. The molecule has 0 fully saturated rings. The molecule has 1 heterocycles. The maximum absolute atomic E-state index is 12.5. The van der Waals surface area contributed by atoms with Crippen LogP contribution < -0.4 is 19.5 Å². The largest absolute Gasteiger partial charge is 0.489 e. The van der Waals surface area contributed by atoms with Crippen LogP contribution in [0.5, 0.6) is 17.2 Å². The Balaban J connectivity index is 1.85. The third kappa shape index (κ3) is 2.83. The molecule has 1 aliphatic rings. The molecular weight excluding hydrogens is 282 g/mol. The molecule has 3 rings (SSSR count). The van der Waals surface area contributed by atoms with E-state index in [0.717, 1.165) is 0 Å². The topological polar surface area (TPSA) is 56.8 Å². The smallest absolute Gasteiger partial charge is 0.259 e. The van der Waals surface area contributed by atoms with E-state index in [4.69, 9.17) is 14.2 Å². The minimum atomic E-state index is -0.262. The number of amides is 1. The van der Waals surface area contributed by atoms with Crippen molar-refractivity contribution < 1.29 is 19.0 Å². The molecule has 5 nitrogen and oxygen atoms in total. The van der Waals surface area contributed by atoms with Gasteiger partial charge in [0.1, 0.15) is 5.75 Å². The predicted molar refractivity (Wildman–Crippen MR) is 82.7 cm³/mol. The van der Waals surface area contributed by atoms with Crippen LogP contribution in [0, 0.1) is 0 Å². The molecule has 0 bridgehead atoms. The van der Waals surface area contributed by atoms with Gasteiger partial charge in [0, 0.05) is 0 Å². The van der Waals surface area contributed by atoms with Crippen LogP contribution in [-0.4, -0.2) is 18.8 Å². The molecule has 1 amide bonds. The van der Waals surface area contributed by atoms with Crippen LogP contribution in [0.2, 0.25) is 0 Å². The lowest BCUT2D eigenvalue weighted by Gasteiger charge is -2.15. The maximum Gasteiger partial charge on any atom is 0.259 e. The summed E-state index contributed by atoms with van der Waals surface area (Å²) >= 11 is 0. The van der Waals surface area contributed by atoms with Gasteiger partial charge in [-0.2, -0.15) is 0 Å². The van der Waals surface area contributed by atoms with Gasteiger partial charge in [-0.05, 0) is 38.1 Å². The highest BCUT2D eigenvalue weighted by Gasteiger charge is 2.22. The van der Waals surface area contributed by atoms with E-state index in [-0.39, 0.29) is 18.8 Å². The first-order valence-electron chi connectivity index (χ1n) is 7.11. The highest BCUT2D eigenvalue weighted by molar-refractivity contribution is 6.07. The van der Waals surface area contributed by atoms with Gasteiger partial charge in [-0.1, -0.05) is 18.2 Å². The molecule has 0 aliphatic carbocycles. The molecule has 0 saturated carbocycles. The number of nitrogens with one attached hydrogen (secondary N) is 1. The fourth-order valence-corrected chi connectivity index (χ4v) is 2.23. The molecule has 1 N–H and O–H groups in total. The van der Waals surface area contributed by atoms with Crippen molar-refractivity contribution in [3.63, 3.8) is 0 Å². The van der Waals surface area contributed by atoms with E-state index < -0.39 is 0 Å². The Kier molecular flexibility index (Phi) is 3.87. The minimum Gasteiger partial charge on any atom is -0.489 e. The number of rotatable bonds is 4. The standard InChI is InChI=1S/C17H17NO4/c1-11(2)22-14-8-4-3-7-13(14)18-17(19)12-6-5-9-15-16(12)21-10-20-15/h3-9,11H,10H2,1-2H3,(H,18,19). The van der Waals surface area contributed by atoms with Gasteiger partial charge in [0.05, 0.1) is 17.4 Å². The van der Waals surface area contributed by atoms with Gasteiger partial charge in [-0.15, -0.1) is 0 Å². The average Bonchev–Trinajstić information content (AvgIpc) is 2.97. The predicted octanol–water partition coefficient (Wildman–Crippen LogP) is 3.45. The zero-order chi connectivity index (χ0) is 15.5. The van der Waals surface area contributed by atoms with Crippen LogP contribution in [0.1, 0.15) is 24.2 Å². The molecule has 0 atom stereocenters. The van der Waals surface area contributed by atoms with Gasteiger partial charge < -0.3 is 19.5 Å². The summed E-state index contributed by atoms with van der Waals surface area (Å²) in [5.41, 5.74) is 1.06. The molecule has 22 heavy (non-hydrogen) atoms. The first kappa shape index (κ1) is 14.3. The summed E-state index contributed by atoms with van der Waals surface area (Å²) in [7, 11) is 0. The van der Waals surface area contributed by atoms with Gasteiger partial charge in [-0.25, -0.2) is 0 Å². The Bertz CT molecular complexity index is 697. The zero-order valence-corrected chi connectivity index (χ0v) is 12.5. The molecular formula is C17H17NO4. The third-order valence-corrected chi connectivity index (χ3v) is 3.14. The zero-order valence-electron chi connectivity index (χ0n) is 12.5. The van der Waals surface area contributed by atoms with Crippen molar-refractivity contribution in [2.45, 2.75) is 20.0 Å². The number of carbonyl (C=O) groups is 1. The fourth-order valence-electron chi connectivity index (χ4n) is 2.23. The van der Waals surface area contributed by atoms with Gasteiger partial charge in [0.2, 0.25) is 6.79 Å². The molecule has 0 unspecified atom stereocenters. The Hall–Kier alpha value is -2.69. The van der Waals surface area contributed by atoms with Gasteiger partial charge in [0.15, 0.2) is 11.5 Å². The molecule has 0 spiro atoms. The van der Waals surface area contributed by atoms with Crippen molar-refractivity contribution in [1.82, 2.24) is 0 Å². The second-order valence-corrected chi connectivity index (χ2v) is 5.16. The van der Waals surface area contributed by atoms with Crippen LogP contribution in [0.3, 0.4) is 0 Å². The van der Waals surface area contributed by atoms with Crippen molar-refractivity contribution in [2.24, 2.45) is 0 Å². The number of hydrogen-bond acceptors (Lipinski definition) is 4. The number of benzene rings is 2. The SMILES string of the molecule is CC(C)Oc1ccccc1NC(=O)c1cccc2c1OCO2. The first-order valence-corrected chi connectivity index (χ1v) is 7.11. The van der Waals surface area contributed by atoms with Crippen molar-refractivity contribution >= 4 is 11.6 Å². The molecule has 0 aromatic heterocycles. The summed E-state index contributed by atoms with van der Waals surface area (Å²) in [6, 6.07) is 12.6. The molecule has 1 aliphatic heterocycles. The van der Waals surface area contributed by atoms with E-state index >= 15 is 0 Å². The van der Waals surface area contributed by atoms with E-state index in [9.17, 15) is 4.79 Å². The minimum absolute atomic E-state index is 0.0238. The van der Waals surface area contributed by atoms with Crippen LogP contribution in [0.25, 0.3) is 0 Å². The average molecular weight is 299 g/mol. The first-order chi connectivity index (χ1) is 10.6. The highest BCUT2D eigenvalue weighted by Crippen LogP contribution is 2.36. The normalized spacial score (nSPS) is 12.3. The Labute approximate surface area is 128 Å². The van der Waals surface area contributed by atoms with Gasteiger partial charge in [-0.3, -0.25) is 4.79 Å². The van der Waals surface area contributed by atoms with E-state index in [1.54, 1.807) is 24.3 Å². The van der Waals surface area contributed by atoms with Crippen molar-refractivity contribution in [1.29, 1.82) is 0 Å². The molecule has 0 saturated heterocycles. The quantitative estimate of drug-likeness (QED) is 0.939. The number of fused-ring (bicyclic) bond motifs is 1. The number of hydrogen-bond donors (Lipinski definition) is 1. The Morgan fingerprint density at radius 1 is 1.14 bits per heavy atom. The summed E-state index contributed by atoms with van der Waals surface area (Å²) in [5.74, 6) is 1.43. The van der Waals surface area contributed by atoms with E-state index in [0.29, 0.717) is 28.5 Å². The number of para-hydroxylation sites is 3. The summed E-state index contributed by atoms with van der Waals surface area (Å²) in [5, 5.41) is 2.86. The monoisotopic (exact) mass is 299 g/mol. The van der Waals surface area contributed by atoms with Crippen molar-refractivity contribution in [3.8, 4) is 17.2 Å². The van der Waals surface area contributed by atoms with Gasteiger partial charge >= 0.3 is 0 Å². The Morgan fingerprint density at radius 3 is 2.77 bits per heavy atom.